The molecule has 0 saturated carbocycles. The van der Waals surface area contributed by atoms with Gasteiger partial charge in [-0.2, -0.15) is 0 Å². The summed E-state index contributed by atoms with van der Waals surface area (Å²) in [7, 11) is -1.76. The third-order valence-electron chi connectivity index (χ3n) is 3.62. The van der Waals surface area contributed by atoms with E-state index >= 15 is 0 Å². The minimum Gasteiger partial charge on any atom is -0.258 e. The topological polar surface area (TPSA) is 34.1 Å². The van der Waals surface area contributed by atoms with E-state index in [-0.39, 0.29) is 21.2 Å². The lowest BCUT2D eigenvalue weighted by Crippen LogP contribution is -2.33. The van der Waals surface area contributed by atoms with Crippen molar-refractivity contribution in [1.29, 1.82) is 0 Å². The Morgan fingerprint density at radius 2 is 2.14 bits per heavy atom. The first-order chi connectivity index (χ1) is 6.55. The molecule has 1 unspecified atom stereocenters. The molecule has 0 aromatic rings. The van der Waals surface area contributed by atoms with Crippen LogP contribution in [0, 0.1) is 5.92 Å². The van der Waals surface area contributed by atoms with Crippen LogP contribution in [0.1, 0.15) is 13.8 Å². The maximum atomic E-state index is 12.0. The van der Waals surface area contributed by atoms with Gasteiger partial charge in [0.1, 0.15) is 0 Å². The van der Waals surface area contributed by atoms with Crippen LogP contribution in [0.15, 0.2) is 23.1 Å². The summed E-state index contributed by atoms with van der Waals surface area (Å²) in [6.07, 6.45) is 6.13. The highest BCUT2D eigenvalue weighted by Gasteiger charge is 2.61. The lowest BCUT2D eigenvalue weighted by atomic mass is 9.85. The summed E-state index contributed by atoms with van der Waals surface area (Å²) in [5, 5.41) is 0.116. The predicted molar refractivity (Wildman–Crippen MR) is 58.7 cm³/mol. The molecular formula is C10H12O2S2. The van der Waals surface area contributed by atoms with Gasteiger partial charge in [0.2, 0.25) is 0 Å². The van der Waals surface area contributed by atoms with Crippen LogP contribution in [0.2, 0.25) is 0 Å². The molecule has 1 fully saturated rings. The first-order valence-corrected chi connectivity index (χ1v) is 7.17. The maximum absolute atomic E-state index is 12.0. The van der Waals surface area contributed by atoms with Crippen molar-refractivity contribution in [2.24, 2.45) is 5.92 Å². The van der Waals surface area contributed by atoms with E-state index in [1.807, 2.05) is 19.9 Å². The Bertz CT molecular complexity index is 424. The number of hydrogen-bond acceptors (Lipinski definition) is 2. The SMILES string of the molecule is CC1=C[C@@H]2[C@@H]([C@@H]3C=C[C@@]2(C)S3=O)[S@]1=O. The first-order valence-electron chi connectivity index (χ1n) is 4.75. The van der Waals surface area contributed by atoms with E-state index in [1.54, 1.807) is 0 Å². The molecular weight excluding hydrogens is 216 g/mol. The van der Waals surface area contributed by atoms with Gasteiger partial charge >= 0.3 is 0 Å². The maximum Gasteiger partial charge on any atom is 0.0691 e. The van der Waals surface area contributed by atoms with E-state index in [4.69, 9.17) is 0 Å². The van der Waals surface area contributed by atoms with Crippen LogP contribution in [-0.2, 0) is 21.6 Å². The molecule has 0 aromatic heterocycles. The average molecular weight is 228 g/mol. The molecule has 14 heavy (non-hydrogen) atoms. The van der Waals surface area contributed by atoms with Crippen molar-refractivity contribution in [3.63, 3.8) is 0 Å². The van der Waals surface area contributed by atoms with Crippen LogP contribution in [0.25, 0.3) is 0 Å². The minimum absolute atomic E-state index is 0.0273. The molecule has 0 N–H and O–H groups in total. The Morgan fingerprint density at radius 3 is 2.79 bits per heavy atom. The Balaban J connectivity index is 2.18. The first kappa shape index (κ1) is 9.04. The summed E-state index contributed by atoms with van der Waals surface area (Å²) in [5.74, 6) is 0.235. The molecule has 3 heterocycles. The zero-order valence-electron chi connectivity index (χ0n) is 8.10. The van der Waals surface area contributed by atoms with Gasteiger partial charge in [-0.15, -0.1) is 0 Å². The highest BCUT2D eigenvalue weighted by molar-refractivity contribution is 7.94. The standard InChI is InChI=1S/C10H12O2S2/c1-6-5-7-9(13(6)11)8-3-4-10(7,2)14(8)12/h3-5,7-9H,1-2H3/t7-,8+,9+,10-,13+,14?/m1/s1. The molecule has 0 amide bonds. The summed E-state index contributed by atoms with van der Waals surface area (Å²) >= 11 is 0. The highest BCUT2D eigenvalue weighted by Crippen LogP contribution is 2.52. The van der Waals surface area contributed by atoms with E-state index in [9.17, 15) is 8.42 Å². The van der Waals surface area contributed by atoms with Crippen molar-refractivity contribution in [2.45, 2.75) is 29.1 Å². The second-order valence-corrected chi connectivity index (χ2v) is 8.17. The lowest BCUT2D eigenvalue weighted by Gasteiger charge is -2.23. The van der Waals surface area contributed by atoms with Gasteiger partial charge in [-0.05, 0) is 13.8 Å². The molecule has 76 valence electrons. The van der Waals surface area contributed by atoms with E-state index in [1.165, 1.54) is 0 Å². The molecule has 0 aliphatic carbocycles. The van der Waals surface area contributed by atoms with Crippen LogP contribution in [0.5, 0.6) is 0 Å². The summed E-state index contributed by atoms with van der Waals surface area (Å²) in [5.41, 5.74) is 0. The Kier molecular flexibility index (Phi) is 1.60. The summed E-state index contributed by atoms with van der Waals surface area (Å²) < 4.78 is 23.7. The van der Waals surface area contributed by atoms with Gasteiger partial charge in [0.15, 0.2) is 0 Å². The molecule has 3 aliphatic heterocycles. The lowest BCUT2D eigenvalue weighted by molar-refractivity contribution is 0.544. The number of allylic oxidation sites excluding steroid dienone is 2. The van der Waals surface area contributed by atoms with Gasteiger partial charge in [-0.25, -0.2) is 0 Å². The fourth-order valence-electron chi connectivity index (χ4n) is 2.77. The Labute approximate surface area is 88.4 Å². The monoisotopic (exact) mass is 228 g/mol. The number of hydrogen-bond donors (Lipinski definition) is 0. The Morgan fingerprint density at radius 1 is 1.43 bits per heavy atom. The molecule has 6 atom stereocenters. The zero-order valence-corrected chi connectivity index (χ0v) is 9.73. The van der Waals surface area contributed by atoms with Gasteiger partial charge in [-0.3, -0.25) is 8.42 Å². The van der Waals surface area contributed by atoms with Gasteiger partial charge < -0.3 is 0 Å². The van der Waals surface area contributed by atoms with Crippen LogP contribution in [0.3, 0.4) is 0 Å². The normalized spacial score (nSPS) is 59.0. The zero-order chi connectivity index (χ0) is 10.1. The van der Waals surface area contributed by atoms with Crippen molar-refractivity contribution in [3.8, 4) is 0 Å². The van der Waals surface area contributed by atoms with Gasteiger partial charge in [0.25, 0.3) is 0 Å². The largest absolute Gasteiger partial charge is 0.258 e. The molecule has 3 aliphatic rings. The minimum atomic E-state index is -0.902. The fourth-order valence-corrected chi connectivity index (χ4v) is 7.05. The van der Waals surface area contributed by atoms with Crippen LogP contribution in [-0.4, -0.2) is 23.7 Å². The smallest absolute Gasteiger partial charge is 0.0691 e. The summed E-state index contributed by atoms with van der Waals surface area (Å²) in [4.78, 5) is 0.969. The van der Waals surface area contributed by atoms with E-state index in [0.29, 0.717) is 0 Å². The summed E-state index contributed by atoms with van der Waals surface area (Å²) in [6.45, 7) is 3.94. The second kappa shape index (κ2) is 2.47. The Hall–Kier alpha value is -0.220. The average Bonchev–Trinajstić information content (AvgIpc) is 2.65. The van der Waals surface area contributed by atoms with Crippen molar-refractivity contribution in [2.75, 3.05) is 0 Å². The number of fused-ring (bicyclic) bond motifs is 5. The molecule has 3 rings (SSSR count). The summed E-state index contributed by atoms with van der Waals surface area (Å²) in [6, 6.07) is 0. The number of rotatable bonds is 0. The molecule has 4 heteroatoms. The van der Waals surface area contributed by atoms with Gasteiger partial charge in [0.05, 0.1) is 26.0 Å². The fraction of sp³-hybridized carbons (Fsp3) is 0.600. The molecule has 1 saturated heterocycles. The molecule has 2 bridgehead atoms. The molecule has 0 radical (unpaired) electrons. The van der Waals surface area contributed by atoms with E-state index in [2.05, 4.69) is 12.2 Å². The quantitative estimate of drug-likeness (QED) is 0.582. The van der Waals surface area contributed by atoms with E-state index < -0.39 is 21.6 Å². The third kappa shape index (κ3) is 0.784. The van der Waals surface area contributed by atoms with Crippen molar-refractivity contribution >= 4 is 21.6 Å². The highest BCUT2D eigenvalue weighted by atomic mass is 32.2. The van der Waals surface area contributed by atoms with Crippen molar-refractivity contribution in [3.05, 3.63) is 23.1 Å². The van der Waals surface area contributed by atoms with Crippen LogP contribution in [0.4, 0.5) is 0 Å². The van der Waals surface area contributed by atoms with E-state index in [0.717, 1.165) is 4.91 Å². The molecule has 0 spiro atoms. The molecule has 2 nitrogen and oxygen atoms in total. The molecule has 0 aromatic carbocycles. The predicted octanol–water partition coefficient (Wildman–Crippen LogP) is 1.10. The van der Waals surface area contributed by atoms with Gasteiger partial charge in [0, 0.05) is 21.6 Å². The van der Waals surface area contributed by atoms with Crippen molar-refractivity contribution in [1.82, 2.24) is 0 Å². The van der Waals surface area contributed by atoms with Gasteiger partial charge in [-0.1, -0.05) is 18.2 Å². The van der Waals surface area contributed by atoms with Crippen LogP contribution < -0.4 is 0 Å². The third-order valence-corrected chi connectivity index (χ3v) is 7.86. The van der Waals surface area contributed by atoms with Crippen molar-refractivity contribution < 1.29 is 8.42 Å². The van der Waals surface area contributed by atoms with Crippen LogP contribution >= 0.6 is 0 Å². The second-order valence-electron chi connectivity index (χ2n) is 4.37.